The third-order valence-electron chi connectivity index (χ3n) is 3.97. The summed E-state index contributed by atoms with van der Waals surface area (Å²) in [5.74, 6) is -0.202. The molecule has 0 spiro atoms. The fourth-order valence-corrected chi connectivity index (χ4v) is 3.14. The first-order chi connectivity index (χ1) is 7.59. The Balaban J connectivity index is 3.09. The molecule has 2 nitrogen and oxygen atoms in total. The van der Waals surface area contributed by atoms with E-state index in [2.05, 4.69) is 20.4 Å². The van der Waals surface area contributed by atoms with Crippen LogP contribution in [0.4, 0.5) is 0 Å². The zero-order chi connectivity index (χ0) is 13.4. The minimum atomic E-state index is -0.957. The van der Waals surface area contributed by atoms with Gasteiger partial charge in [0, 0.05) is 11.8 Å². The van der Waals surface area contributed by atoms with Crippen molar-refractivity contribution in [3.8, 4) is 0 Å². The first-order valence-electron chi connectivity index (χ1n) is 6.15. The van der Waals surface area contributed by atoms with Crippen molar-refractivity contribution < 1.29 is 9.90 Å². The molecule has 1 unspecified atom stereocenters. The SMILES string of the molecule is C=C(C)/C=C/C1C(C)(C)C[C@@H](C(C)=O)[C@]1(C)O. The van der Waals surface area contributed by atoms with Crippen LogP contribution in [0.1, 0.15) is 41.0 Å². The van der Waals surface area contributed by atoms with Crippen LogP contribution >= 0.6 is 0 Å². The highest BCUT2D eigenvalue weighted by atomic mass is 16.3. The van der Waals surface area contributed by atoms with Gasteiger partial charge in [0.25, 0.3) is 0 Å². The van der Waals surface area contributed by atoms with Gasteiger partial charge in [-0.25, -0.2) is 0 Å². The van der Waals surface area contributed by atoms with Crippen molar-refractivity contribution >= 4 is 5.78 Å². The minimum Gasteiger partial charge on any atom is -0.389 e. The van der Waals surface area contributed by atoms with Gasteiger partial charge >= 0.3 is 0 Å². The molecule has 0 radical (unpaired) electrons. The lowest BCUT2D eigenvalue weighted by molar-refractivity contribution is -0.128. The van der Waals surface area contributed by atoms with Gasteiger partial charge in [-0.3, -0.25) is 4.79 Å². The van der Waals surface area contributed by atoms with E-state index in [1.807, 2.05) is 19.1 Å². The Hall–Kier alpha value is -0.890. The highest BCUT2D eigenvalue weighted by molar-refractivity contribution is 5.80. The third kappa shape index (κ3) is 2.68. The second kappa shape index (κ2) is 4.41. The Labute approximate surface area is 104 Å². The van der Waals surface area contributed by atoms with Crippen LogP contribution in [0, 0.1) is 17.3 Å². The second-order valence-electron chi connectivity index (χ2n) is 6.26. The zero-order valence-electron chi connectivity index (χ0n) is 11.6. The number of hydrogen-bond donors (Lipinski definition) is 1. The fraction of sp³-hybridized carbons (Fsp3) is 0.667. The quantitative estimate of drug-likeness (QED) is 0.764. The number of Topliss-reactive ketones (excluding diaryl/α,β-unsaturated/α-hetero) is 1. The Morgan fingerprint density at radius 2 is 1.88 bits per heavy atom. The number of hydrogen-bond acceptors (Lipinski definition) is 2. The van der Waals surface area contributed by atoms with Gasteiger partial charge in [-0.05, 0) is 32.6 Å². The molecule has 1 saturated carbocycles. The molecule has 17 heavy (non-hydrogen) atoms. The standard InChI is InChI=1S/C15H24O2/c1-10(2)7-8-13-14(4,5)9-12(11(3)16)15(13,6)17/h7-8,12-13,17H,1,9H2,2-6H3/b8-7+/t12-,13?,15-/m0/s1. The number of aliphatic hydroxyl groups is 1. The predicted octanol–water partition coefficient (Wildman–Crippen LogP) is 3.12. The lowest BCUT2D eigenvalue weighted by Crippen LogP contribution is -2.40. The van der Waals surface area contributed by atoms with Crippen molar-refractivity contribution in [3.63, 3.8) is 0 Å². The van der Waals surface area contributed by atoms with Crippen molar-refractivity contribution in [3.05, 3.63) is 24.3 Å². The van der Waals surface area contributed by atoms with Crippen molar-refractivity contribution in [1.29, 1.82) is 0 Å². The molecule has 1 aliphatic carbocycles. The summed E-state index contributed by atoms with van der Waals surface area (Å²) in [5, 5.41) is 10.6. The molecule has 0 heterocycles. The maximum Gasteiger partial charge on any atom is 0.135 e. The number of rotatable bonds is 3. The molecule has 1 fully saturated rings. The molecule has 96 valence electrons. The van der Waals surface area contributed by atoms with Gasteiger partial charge in [-0.1, -0.05) is 38.2 Å². The molecule has 0 amide bonds. The molecule has 0 saturated heterocycles. The lowest BCUT2D eigenvalue weighted by atomic mass is 9.76. The maximum atomic E-state index is 11.6. The number of ketones is 1. The van der Waals surface area contributed by atoms with E-state index in [1.54, 1.807) is 13.8 Å². The predicted molar refractivity (Wildman–Crippen MR) is 70.6 cm³/mol. The highest BCUT2D eigenvalue weighted by Gasteiger charge is 2.55. The van der Waals surface area contributed by atoms with Crippen molar-refractivity contribution in [2.24, 2.45) is 17.3 Å². The summed E-state index contributed by atoms with van der Waals surface area (Å²) in [4.78, 5) is 11.6. The average Bonchev–Trinajstić information content (AvgIpc) is 2.30. The molecule has 0 aromatic heterocycles. The van der Waals surface area contributed by atoms with E-state index in [9.17, 15) is 9.90 Å². The molecule has 0 aromatic rings. The normalized spacial score (nSPS) is 36.4. The fourth-order valence-electron chi connectivity index (χ4n) is 3.14. The minimum absolute atomic E-state index is 0.0133. The van der Waals surface area contributed by atoms with E-state index >= 15 is 0 Å². The van der Waals surface area contributed by atoms with E-state index in [0.29, 0.717) is 0 Å². The molecule has 0 bridgehead atoms. The van der Waals surface area contributed by atoms with Gasteiger partial charge in [0.05, 0.1) is 5.60 Å². The van der Waals surface area contributed by atoms with Crippen LogP contribution in [-0.2, 0) is 4.79 Å². The topological polar surface area (TPSA) is 37.3 Å². The van der Waals surface area contributed by atoms with Crippen LogP contribution < -0.4 is 0 Å². The molecule has 1 aliphatic rings. The summed E-state index contributed by atoms with van der Waals surface area (Å²) in [6.45, 7) is 13.3. The van der Waals surface area contributed by atoms with Gasteiger partial charge in [-0.2, -0.15) is 0 Å². The smallest absolute Gasteiger partial charge is 0.135 e. The summed E-state index contributed by atoms with van der Waals surface area (Å²) in [7, 11) is 0. The monoisotopic (exact) mass is 236 g/mol. The van der Waals surface area contributed by atoms with Crippen molar-refractivity contribution in [1.82, 2.24) is 0 Å². The first-order valence-corrected chi connectivity index (χ1v) is 6.15. The summed E-state index contributed by atoms with van der Waals surface area (Å²) in [5.41, 5.74) is -0.0598. The Bertz CT molecular complexity index is 361. The van der Waals surface area contributed by atoms with Crippen LogP contribution in [0.25, 0.3) is 0 Å². The highest BCUT2D eigenvalue weighted by Crippen LogP contribution is 2.53. The molecule has 0 aromatic carbocycles. The molecule has 3 atom stereocenters. The molecular weight excluding hydrogens is 212 g/mol. The zero-order valence-corrected chi connectivity index (χ0v) is 11.6. The van der Waals surface area contributed by atoms with E-state index in [4.69, 9.17) is 0 Å². The van der Waals surface area contributed by atoms with Crippen LogP contribution in [0.5, 0.6) is 0 Å². The van der Waals surface area contributed by atoms with Crippen LogP contribution in [0.3, 0.4) is 0 Å². The maximum absolute atomic E-state index is 11.6. The van der Waals surface area contributed by atoms with Gasteiger partial charge in [-0.15, -0.1) is 0 Å². The summed E-state index contributed by atoms with van der Waals surface area (Å²) in [6.07, 6.45) is 4.68. The molecule has 2 heteroatoms. The van der Waals surface area contributed by atoms with E-state index in [0.717, 1.165) is 12.0 Å². The summed E-state index contributed by atoms with van der Waals surface area (Å²) in [6, 6.07) is 0. The number of carbonyl (C=O) groups is 1. The molecular formula is C15H24O2. The van der Waals surface area contributed by atoms with E-state index in [1.165, 1.54) is 0 Å². The third-order valence-corrected chi connectivity index (χ3v) is 3.97. The van der Waals surface area contributed by atoms with Crippen molar-refractivity contribution in [2.45, 2.75) is 46.6 Å². The molecule has 1 N–H and O–H groups in total. The average molecular weight is 236 g/mol. The lowest BCUT2D eigenvalue weighted by Gasteiger charge is -2.33. The van der Waals surface area contributed by atoms with E-state index in [-0.39, 0.29) is 23.0 Å². The Kier molecular flexibility index (Phi) is 3.68. The van der Waals surface area contributed by atoms with Gasteiger partial charge in [0.1, 0.15) is 5.78 Å². The van der Waals surface area contributed by atoms with Crippen LogP contribution in [0.2, 0.25) is 0 Å². The van der Waals surface area contributed by atoms with E-state index < -0.39 is 5.60 Å². The molecule has 0 aliphatic heterocycles. The summed E-state index contributed by atoms with van der Waals surface area (Å²) < 4.78 is 0. The van der Waals surface area contributed by atoms with Crippen molar-refractivity contribution in [2.75, 3.05) is 0 Å². The first kappa shape index (κ1) is 14.2. The number of allylic oxidation sites excluding steroid dienone is 2. The largest absolute Gasteiger partial charge is 0.389 e. The second-order valence-corrected chi connectivity index (χ2v) is 6.26. The Morgan fingerprint density at radius 1 is 1.35 bits per heavy atom. The van der Waals surface area contributed by atoms with Gasteiger partial charge < -0.3 is 5.11 Å². The Morgan fingerprint density at radius 3 is 2.24 bits per heavy atom. The van der Waals surface area contributed by atoms with Crippen LogP contribution in [0.15, 0.2) is 24.3 Å². The number of carbonyl (C=O) groups excluding carboxylic acids is 1. The van der Waals surface area contributed by atoms with Gasteiger partial charge in [0.15, 0.2) is 0 Å². The van der Waals surface area contributed by atoms with Crippen LogP contribution in [-0.4, -0.2) is 16.5 Å². The summed E-state index contributed by atoms with van der Waals surface area (Å²) >= 11 is 0. The molecule has 1 rings (SSSR count). The van der Waals surface area contributed by atoms with Gasteiger partial charge in [0.2, 0.25) is 0 Å².